The van der Waals surface area contributed by atoms with E-state index in [-0.39, 0.29) is 0 Å². The number of H-pyrrole nitrogens is 1. The van der Waals surface area contributed by atoms with E-state index in [1.807, 2.05) is 6.07 Å². The number of aryl methyl sites for hydroxylation is 1. The van der Waals surface area contributed by atoms with E-state index in [2.05, 4.69) is 29.4 Å². The lowest BCUT2D eigenvalue weighted by Crippen LogP contribution is -2.35. The number of hydrogen-bond acceptors (Lipinski definition) is 2. The number of primary amides is 1. The predicted molar refractivity (Wildman–Crippen MR) is 80.9 cm³/mol. The molecule has 1 aliphatic rings. The van der Waals surface area contributed by atoms with Gasteiger partial charge in [0, 0.05) is 16.9 Å². The molecule has 1 aromatic carbocycles. The van der Waals surface area contributed by atoms with Crippen molar-refractivity contribution >= 4 is 16.8 Å². The zero-order valence-corrected chi connectivity index (χ0v) is 11.8. The van der Waals surface area contributed by atoms with Crippen molar-refractivity contribution in [3.63, 3.8) is 0 Å². The van der Waals surface area contributed by atoms with Crippen LogP contribution in [-0.4, -0.2) is 23.5 Å². The lowest BCUT2D eigenvalue weighted by molar-refractivity contribution is 0.0996. The van der Waals surface area contributed by atoms with Crippen LogP contribution in [0.3, 0.4) is 0 Å². The van der Waals surface area contributed by atoms with Crippen LogP contribution in [-0.2, 0) is 12.8 Å². The second-order valence-electron chi connectivity index (χ2n) is 5.61. The molecular formula is C16H21N3O. The fourth-order valence-electron chi connectivity index (χ4n) is 3.12. The number of hydrogen-bond donors (Lipinski definition) is 3. The number of carbonyl (C=O) groups is 1. The van der Waals surface area contributed by atoms with Crippen LogP contribution in [0.1, 0.15) is 41.4 Å². The van der Waals surface area contributed by atoms with Crippen LogP contribution in [0.4, 0.5) is 0 Å². The van der Waals surface area contributed by atoms with Crippen molar-refractivity contribution in [2.45, 2.75) is 38.6 Å². The summed E-state index contributed by atoms with van der Waals surface area (Å²) >= 11 is 0. The average molecular weight is 271 g/mol. The van der Waals surface area contributed by atoms with E-state index >= 15 is 0 Å². The molecular weight excluding hydrogens is 250 g/mol. The van der Waals surface area contributed by atoms with Gasteiger partial charge in [-0.1, -0.05) is 13.0 Å². The molecule has 0 bridgehead atoms. The summed E-state index contributed by atoms with van der Waals surface area (Å²) in [4.78, 5) is 14.4. The van der Waals surface area contributed by atoms with Gasteiger partial charge in [0.25, 0.3) is 5.91 Å². The van der Waals surface area contributed by atoms with Gasteiger partial charge < -0.3 is 16.0 Å². The zero-order chi connectivity index (χ0) is 14.1. The van der Waals surface area contributed by atoms with Crippen molar-refractivity contribution in [3.8, 4) is 0 Å². The highest BCUT2D eigenvalue weighted by Gasteiger charge is 2.21. The van der Waals surface area contributed by atoms with Crippen molar-refractivity contribution in [2.75, 3.05) is 6.54 Å². The molecule has 0 aliphatic heterocycles. The molecule has 4 nitrogen and oxygen atoms in total. The van der Waals surface area contributed by atoms with Gasteiger partial charge in [0.1, 0.15) is 5.69 Å². The Kier molecular flexibility index (Phi) is 3.49. The van der Waals surface area contributed by atoms with Crippen LogP contribution < -0.4 is 11.1 Å². The minimum Gasteiger partial charge on any atom is -0.364 e. The Morgan fingerprint density at radius 1 is 1.50 bits per heavy atom. The lowest BCUT2D eigenvalue weighted by atomic mass is 9.86. The van der Waals surface area contributed by atoms with Gasteiger partial charge in [-0.2, -0.15) is 0 Å². The molecule has 106 valence electrons. The molecule has 1 aliphatic carbocycles. The smallest absolute Gasteiger partial charge is 0.265 e. The summed E-state index contributed by atoms with van der Waals surface area (Å²) in [6.45, 7) is 3.25. The highest BCUT2D eigenvalue weighted by Crippen LogP contribution is 2.29. The number of rotatable bonds is 4. The second-order valence-corrected chi connectivity index (χ2v) is 5.61. The van der Waals surface area contributed by atoms with E-state index in [0.717, 1.165) is 36.7 Å². The van der Waals surface area contributed by atoms with Crippen LogP contribution >= 0.6 is 0 Å². The van der Waals surface area contributed by atoms with Crippen LogP contribution in [0.5, 0.6) is 0 Å². The molecule has 0 saturated heterocycles. The van der Waals surface area contributed by atoms with Crippen LogP contribution in [0.2, 0.25) is 0 Å². The van der Waals surface area contributed by atoms with Gasteiger partial charge in [0.05, 0.1) is 0 Å². The number of aromatic nitrogens is 1. The number of nitrogens with two attached hydrogens (primary N) is 1. The Labute approximate surface area is 118 Å². The van der Waals surface area contributed by atoms with Crippen molar-refractivity contribution in [1.82, 2.24) is 10.3 Å². The Morgan fingerprint density at radius 2 is 2.35 bits per heavy atom. The molecule has 20 heavy (non-hydrogen) atoms. The van der Waals surface area contributed by atoms with E-state index in [1.54, 1.807) is 0 Å². The van der Waals surface area contributed by atoms with E-state index in [9.17, 15) is 4.79 Å². The first-order valence-corrected chi connectivity index (χ1v) is 7.35. The first-order valence-electron chi connectivity index (χ1n) is 7.35. The third-order valence-electron chi connectivity index (χ3n) is 4.17. The molecule has 2 aromatic rings. The summed E-state index contributed by atoms with van der Waals surface area (Å²) in [5.41, 5.74) is 9.64. The maximum absolute atomic E-state index is 11.3. The molecule has 4 heteroatoms. The van der Waals surface area contributed by atoms with E-state index in [1.165, 1.54) is 17.5 Å². The third kappa shape index (κ3) is 2.31. The molecule has 0 spiro atoms. The molecule has 0 saturated carbocycles. The highest BCUT2D eigenvalue weighted by molar-refractivity contribution is 5.98. The predicted octanol–water partition coefficient (Wildman–Crippen LogP) is 2.12. The third-order valence-corrected chi connectivity index (χ3v) is 4.17. The van der Waals surface area contributed by atoms with E-state index < -0.39 is 5.91 Å². The monoisotopic (exact) mass is 271 g/mol. The maximum atomic E-state index is 11.3. The molecule has 4 N–H and O–H groups in total. The summed E-state index contributed by atoms with van der Waals surface area (Å²) in [6, 6.07) is 6.67. The largest absolute Gasteiger partial charge is 0.364 e. The van der Waals surface area contributed by atoms with Gasteiger partial charge in [-0.05, 0) is 55.5 Å². The molecule has 1 atom stereocenters. The zero-order valence-electron chi connectivity index (χ0n) is 11.8. The first-order chi connectivity index (χ1) is 9.69. The summed E-state index contributed by atoms with van der Waals surface area (Å²) in [5.74, 6) is -0.397. The molecule has 0 radical (unpaired) electrons. The minimum atomic E-state index is -0.397. The quantitative estimate of drug-likeness (QED) is 0.797. The van der Waals surface area contributed by atoms with Crippen molar-refractivity contribution in [1.29, 1.82) is 0 Å². The standard InChI is InChI=1S/C16H21N3O/c1-2-7-18-11-5-3-10-4-6-14-13(12(10)8-11)9-15(19-14)16(17)20/h4,6,9,11,18-19H,2-3,5,7-8H2,1H3,(H2,17,20)/t11-/m0/s1. The van der Waals surface area contributed by atoms with Crippen LogP contribution in [0.25, 0.3) is 10.9 Å². The number of fused-ring (bicyclic) bond motifs is 3. The first kappa shape index (κ1) is 13.2. The molecule has 0 fully saturated rings. The van der Waals surface area contributed by atoms with Crippen molar-refractivity contribution < 1.29 is 4.79 Å². The fraction of sp³-hybridized carbons (Fsp3) is 0.438. The summed E-state index contributed by atoms with van der Waals surface area (Å²) in [7, 11) is 0. The SMILES string of the molecule is CCCN[C@H]1CCc2ccc3[nH]c(C(N)=O)cc3c2C1. The van der Waals surface area contributed by atoms with Crippen LogP contribution in [0.15, 0.2) is 18.2 Å². The summed E-state index contributed by atoms with van der Waals surface area (Å²) in [5, 5.41) is 4.76. The Morgan fingerprint density at radius 3 is 3.10 bits per heavy atom. The Balaban J connectivity index is 1.97. The van der Waals surface area contributed by atoms with Crippen molar-refractivity contribution in [2.24, 2.45) is 5.73 Å². The van der Waals surface area contributed by atoms with Crippen LogP contribution in [0, 0.1) is 0 Å². The summed E-state index contributed by atoms with van der Waals surface area (Å²) < 4.78 is 0. The van der Waals surface area contributed by atoms with Gasteiger partial charge in [0.2, 0.25) is 0 Å². The molecule has 0 unspecified atom stereocenters. The number of aromatic amines is 1. The van der Waals surface area contributed by atoms with E-state index in [4.69, 9.17) is 5.73 Å². The Bertz CT molecular complexity index is 644. The number of carbonyl (C=O) groups excluding carboxylic acids is 1. The lowest BCUT2D eigenvalue weighted by Gasteiger charge is -2.26. The van der Waals surface area contributed by atoms with Crippen molar-refractivity contribution in [3.05, 3.63) is 35.0 Å². The highest BCUT2D eigenvalue weighted by atomic mass is 16.1. The fourth-order valence-corrected chi connectivity index (χ4v) is 3.12. The molecule has 1 heterocycles. The second kappa shape index (κ2) is 5.29. The van der Waals surface area contributed by atoms with E-state index in [0.29, 0.717) is 11.7 Å². The molecule has 3 rings (SSSR count). The van der Waals surface area contributed by atoms with Gasteiger partial charge >= 0.3 is 0 Å². The number of amides is 1. The topological polar surface area (TPSA) is 70.9 Å². The average Bonchev–Trinajstić information content (AvgIpc) is 2.89. The molecule has 1 aromatic heterocycles. The van der Waals surface area contributed by atoms with Gasteiger partial charge in [-0.15, -0.1) is 0 Å². The van der Waals surface area contributed by atoms with Gasteiger partial charge in [-0.3, -0.25) is 4.79 Å². The summed E-state index contributed by atoms with van der Waals surface area (Å²) in [6.07, 6.45) is 4.47. The molecule has 1 amide bonds. The Hall–Kier alpha value is -1.81. The van der Waals surface area contributed by atoms with Gasteiger partial charge in [-0.25, -0.2) is 0 Å². The normalized spacial score (nSPS) is 18.1. The number of nitrogens with one attached hydrogen (secondary N) is 2. The number of benzene rings is 1. The van der Waals surface area contributed by atoms with Gasteiger partial charge in [0.15, 0.2) is 0 Å². The minimum absolute atomic E-state index is 0.397. The maximum Gasteiger partial charge on any atom is 0.265 e.